The Kier molecular flexibility index (Phi) is 5.61. The predicted molar refractivity (Wildman–Crippen MR) is 99.0 cm³/mol. The minimum Gasteiger partial charge on any atom is -0.507 e. The highest BCUT2D eigenvalue weighted by Crippen LogP contribution is 2.23. The van der Waals surface area contributed by atoms with Crippen molar-refractivity contribution in [1.82, 2.24) is 5.32 Å². The third-order valence-electron chi connectivity index (χ3n) is 3.87. The Morgan fingerprint density at radius 3 is 2.59 bits per heavy atom. The number of halogens is 1. The number of nitrogens with one attached hydrogen (secondary N) is 2. The number of rotatable bonds is 6. The molecule has 27 heavy (non-hydrogen) atoms. The summed E-state index contributed by atoms with van der Waals surface area (Å²) in [7, 11) is 0. The number of ether oxygens (including phenoxy) is 1. The molecule has 2 aromatic carbocycles. The second-order valence-electron chi connectivity index (χ2n) is 6.08. The zero-order chi connectivity index (χ0) is 19.4. The lowest BCUT2D eigenvalue weighted by Crippen LogP contribution is -2.28. The summed E-state index contributed by atoms with van der Waals surface area (Å²) in [6, 6.07) is 10.7. The van der Waals surface area contributed by atoms with Crippen molar-refractivity contribution in [2.75, 3.05) is 11.9 Å². The molecular weight excluding hydrogens is 372 g/mol. The maximum absolute atomic E-state index is 12.2. The number of aromatic hydroxyl groups is 1. The molecule has 1 fully saturated rings. The van der Waals surface area contributed by atoms with Crippen LogP contribution in [0.3, 0.4) is 0 Å². The lowest BCUT2D eigenvalue weighted by molar-refractivity contribution is -0.119. The second kappa shape index (κ2) is 8.09. The number of phenols is 1. The molecule has 0 radical (unpaired) electrons. The van der Waals surface area contributed by atoms with Crippen LogP contribution in [0, 0.1) is 0 Å². The molecule has 0 aromatic heterocycles. The number of carbonyl (C=O) groups is 3. The Hall–Kier alpha value is -3.06. The fourth-order valence-corrected chi connectivity index (χ4v) is 2.52. The summed E-state index contributed by atoms with van der Waals surface area (Å²) in [5.74, 6) is -2.07. The molecule has 3 rings (SSSR count). The van der Waals surface area contributed by atoms with Gasteiger partial charge in [0, 0.05) is 11.1 Å². The summed E-state index contributed by atoms with van der Waals surface area (Å²) in [6.45, 7) is -0.580. The fraction of sp³-hybridized carbons (Fsp3) is 0.211. The smallest absolute Gasteiger partial charge is 0.342 e. The van der Waals surface area contributed by atoms with Gasteiger partial charge in [-0.15, -0.1) is 0 Å². The van der Waals surface area contributed by atoms with Gasteiger partial charge < -0.3 is 20.5 Å². The molecule has 0 aliphatic heterocycles. The van der Waals surface area contributed by atoms with Crippen molar-refractivity contribution < 1.29 is 24.2 Å². The summed E-state index contributed by atoms with van der Waals surface area (Å²) in [6.07, 6.45) is 1.90. The summed E-state index contributed by atoms with van der Waals surface area (Å²) >= 11 is 5.78. The van der Waals surface area contributed by atoms with Gasteiger partial charge in [-0.05, 0) is 43.2 Å². The van der Waals surface area contributed by atoms with Crippen LogP contribution >= 0.6 is 11.6 Å². The van der Waals surface area contributed by atoms with Crippen molar-refractivity contribution in [3.8, 4) is 5.75 Å². The summed E-state index contributed by atoms with van der Waals surface area (Å²) in [5.41, 5.74) is 0.512. The van der Waals surface area contributed by atoms with Crippen molar-refractivity contribution in [2.45, 2.75) is 18.9 Å². The van der Waals surface area contributed by atoms with Crippen molar-refractivity contribution in [3.05, 3.63) is 58.6 Å². The zero-order valence-electron chi connectivity index (χ0n) is 14.2. The van der Waals surface area contributed by atoms with Crippen LogP contribution in [-0.2, 0) is 9.53 Å². The minimum absolute atomic E-state index is 0.139. The van der Waals surface area contributed by atoms with E-state index in [4.69, 9.17) is 16.3 Å². The first-order chi connectivity index (χ1) is 12.9. The number of hydrogen-bond acceptors (Lipinski definition) is 5. The average Bonchev–Trinajstić information content (AvgIpc) is 3.46. The first-order valence-electron chi connectivity index (χ1n) is 8.29. The molecule has 1 aliphatic carbocycles. The molecule has 1 aliphatic rings. The molecule has 8 heteroatoms. The van der Waals surface area contributed by atoms with E-state index in [1.165, 1.54) is 18.2 Å². The number of phenolic OH excluding ortho intramolecular Hbond substituents is 1. The molecule has 2 amide bonds. The number of benzene rings is 2. The van der Waals surface area contributed by atoms with E-state index in [0.29, 0.717) is 11.3 Å². The lowest BCUT2D eigenvalue weighted by atomic mass is 10.1. The van der Waals surface area contributed by atoms with Crippen LogP contribution in [0.5, 0.6) is 5.75 Å². The number of hydrogen-bond donors (Lipinski definition) is 3. The van der Waals surface area contributed by atoms with Gasteiger partial charge in [-0.25, -0.2) is 4.79 Å². The maximum Gasteiger partial charge on any atom is 0.342 e. The van der Waals surface area contributed by atoms with Crippen molar-refractivity contribution in [3.63, 3.8) is 0 Å². The first kappa shape index (κ1) is 18.7. The van der Waals surface area contributed by atoms with Gasteiger partial charge in [0.15, 0.2) is 6.61 Å². The Bertz CT molecular complexity index is 895. The number of carbonyl (C=O) groups excluding carboxylic acids is 3. The van der Waals surface area contributed by atoms with Crippen LogP contribution in [0.2, 0.25) is 5.02 Å². The first-order valence-corrected chi connectivity index (χ1v) is 8.67. The van der Waals surface area contributed by atoms with Crippen LogP contribution in [0.1, 0.15) is 33.6 Å². The van der Waals surface area contributed by atoms with Gasteiger partial charge in [-0.1, -0.05) is 23.7 Å². The van der Waals surface area contributed by atoms with E-state index in [9.17, 15) is 19.5 Å². The molecule has 7 nitrogen and oxygen atoms in total. The van der Waals surface area contributed by atoms with Gasteiger partial charge in [0.25, 0.3) is 11.8 Å². The quantitative estimate of drug-likeness (QED) is 0.660. The van der Waals surface area contributed by atoms with Crippen LogP contribution in [0.25, 0.3) is 0 Å². The summed E-state index contributed by atoms with van der Waals surface area (Å²) in [5, 5.41) is 15.3. The van der Waals surface area contributed by atoms with Gasteiger partial charge in [0.2, 0.25) is 0 Å². The molecule has 140 valence electrons. The normalized spacial score (nSPS) is 12.9. The topological polar surface area (TPSA) is 105 Å². The monoisotopic (exact) mass is 388 g/mol. The van der Waals surface area contributed by atoms with Crippen molar-refractivity contribution in [1.29, 1.82) is 0 Å². The number of para-hydroxylation sites is 1. The van der Waals surface area contributed by atoms with E-state index < -0.39 is 18.5 Å². The van der Waals surface area contributed by atoms with Crippen molar-refractivity contribution >= 4 is 35.1 Å². The zero-order valence-corrected chi connectivity index (χ0v) is 15.0. The van der Waals surface area contributed by atoms with E-state index >= 15 is 0 Å². The molecule has 0 atom stereocenters. The third-order valence-corrected chi connectivity index (χ3v) is 4.11. The Morgan fingerprint density at radius 2 is 1.85 bits per heavy atom. The van der Waals surface area contributed by atoms with Crippen LogP contribution in [0.4, 0.5) is 5.69 Å². The molecule has 3 N–H and O–H groups in total. The average molecular weight is 389 g/mol. The molecule has 0 spiro atoms. The van der Waals surface area contributed by atoms with E-state index in [2.05, 4.69) is 10.6 Å². The predicted octanol–water partition coefficient (Wildman–Crippen LogP) is 2.73. The summed E-state index contributed by atoms with van der Waals surface area (Å²) < 4.78 is 4.90. The van der Waals surface area contributed by atoms with Gasteiger partial charge in [-0.3, -0.25) is 9.59 Å². The van der Waals surface area contributed by atoms with Gasteiger partial charge in [0.05, 0.1) is 11.3 Å². The van der Waals surface area contributed by atoms with E-state index in [-0.39, 0.29) is 28.3 Å². The van der Waals surface area contributed by atoms with Gasteiger partial charge in [0.1, 0.15) is 11.3 Å². The SMILES string of the molecule is O=C(COC(=O)c1cc(Cl)ccc1O)Nc1ccccc1C(=O)NC1CC1. The summed E-state index contributed by atoms with van der Waals surface area (Å²) in [4.78, 5) is 36.3. The molecule has 0 heterocycles. The Morgan fingerprint density at radius 1 is 1.11 bits per heavy atom. The molecule has 0 bridgehead atoms. The highest BCUT2D eigenvalue weighted by atomic mass is 35.5. The second-order valence-corrected chi connectivity index (χ2v) is 6.52. The van der Waals surface area contributed by atoms with E-state index in [1.807, 2.05) is 0 Å². The van der Waals surface area contributed by atoms with Crippen LogP contribution < -0.4 is 10.6 Å². The molecule has 1 saturated carbocycles. The highest BCUT2D eigenvalue weighted by molar-refractivity contribution is 6.31. The fourth-order valence-electron chi connectivity index (χ4n) is 2.35. The molecular formula is C19H17ClN2O5. The molecule has 0 unspecified atom stereocenters. The lowest BCUT2D eigenvalue weighted by Gasteiger charge is -2.11. The maximum atomic E-state index is 12.2. The van der Waals surface area contributed by atoms with Crippen molar-refractivity contribution in [2.24, 2.45) is 0 Å². The van der Waals surface area contributed by atoms with Crippen LogP contribution in [0.15, 0.2) is 42.5 Å². The molecule has 2 aromatic rings. The number of anilines is 1. The van der Waals surface area contributed by atoms with Gasteiger partial charge in [-0.2, -0.15) is 0 Å². The van der Waals surface area contributed by atoms with E-state index in [1.54, 1.807) is 24.3 Å². The van der Waals surface area contributed by atoms with Crippen LogP contribution in [-0.4, -0.2) is 35.5 Å². The highest BCUT2D eigenvalue weighted by Gasteiger charge is 2.25. The van der Waals surface area contributed by atoms with Gasteiger partial charge >= 0.3 is 5.97 Å². The minimum atomic E-state index is -0.884. The van der Waals surface area contributed by atoms with E-state index in [0.717, 1.165) is 12.8 Å². The Labute approximate surface area is 160 Å². The molecule has 0 saturated heterocycles. The number of esters is 1. The largest absolute Gasteiger partial charge is 0.507 e. The standard InChI is InChI=1S/C19H17ClN2O5/c20-11-5-8-16(23)14(9-11)19(26)27-10-17(24)22-15-4-2-1-3-13(15)18(25)21-12-6-7-12/h1-5,8-9,12,23H,6-7,10H2,(H,21,25)(H,22,24). The Balaban J connectivity index is 1.60. The third kappa shape index (κ3) is 4.98. The number of amides is 2.